The average molecular weight is 314 g/mol. The van der Waals surface area contributed by atoms with E-state index in [4.69, 9.17) is 14.9 Å². The summed E-state index contributed by atoms with van der Waals surface area (Å²) in [4.78, 5) is 12.5. The van der Waals surface area contributed by atoms with Crippen molar-refractivity contribution in [3.05, 3.63) is 78.1 Å². The molecule has 0 amide bonds. The topological polar surface area (TPSA) is 66.8 Å². The van der Waals surface area contributed by atoms with Crippen LogP contribution in [0, 0.1) is 0 Å². The van der Waals surface area contributed by atoms with Crippen molar-refractivity contribution in [3.8, 4) is 5.75 Å². The first-order chi connectivity index (χ1) is 11.1. The van der Waals surface area contributed by atoms with Crippen molar-refractivity contribution in [1.29, 1.82) is 0 Å². The quantitative estimate of drug-likeness (QED) is 0.315. The van der Waals surface area contributed by atoms with E-state index in [-0.39, 0.29) is 24.6 Å². The largest absolute Gasteiger partial charge is 0.509 e. The molecule has 0 saturated heterocycles. The molecule has 4 nitrogen and oxygen atoms in total. The van der Waals surface area contributed by atoms with E-state index in [0.29, 0.717) is 23.5 Å². The van der Waals surface area contributed by atoms with Gasteiger partial charge < -0.3 is 14.9 Å². The van der Waals surface area contributed by atoms with Crippen LogP contribution in [0.25, 0.3) is 0 Å². The number of aliphatic hydroxyl groups is 2. The van der Waals surface area contributed by atoms with Crippen LogP contribution >= 0.6 is 0 Å². The normalized spacial score (nSPS) is 12.0. The Labute approximate surface area is 136 Å². The number of para-hydroxylation sites is 1. The van der Waals surface area contributed by atoms with Crippen molar-refractivity contribution >= 4 is 5.78 Å². The van der Waals surface area contributed by atoms with Crippen molar-refractivity contribution in [3.63, 3.8) is 0 Å². The Morgan fingerprint density at radius 1 is 1.30 bits per heavy atom. The summed E-state index contributed by atoms with van der Waals surface area (Å²) in [7, 11) is 0. The van der Waals surface area contributed by atoms with E-state index >= 15 is 0 Å². The molecule has 0 unspecified atom stereocenters. The van der Waals surface area contributed by atoms with Gasteiger partial charge >= 0.3 is 0 Å². The molecule has 0 saturated carbocycles. The van der Waals surface area contributed by atoms with Crippen molar-refractivity contribution in [2.24, 2.45) is 0 Å². The number of carbonyl (C=O) groups excluding carboxylic acids is 1. The minimum atomic E-state index is -0.190. The molecule has 122 valence electrons. The molecule has 23 heavy (non-hydrogen) atoms. The van der Waals surface area contributed by atoms with E-state index in [1.807, 2.05) is 25.1 Å². The van der Waals surface area contributed by atoms with E-state index in [9.17, 15) is 4.79 Å². The smallest absolute Gasteiger partial charge is 0.170 e. The molecule has 0 spiro atoms. The zero-order valence-corrected chi connectivity index (χ0v) is 13.2. The molecular weight excluding hydrogens is 292 g/mol. The monoisotopic (exact) mass is 314 g/mol. The minimum absolute atomic E-state index is 0.0916. The van der Waals surface area contributed by atoms with Crippen molar-refractivity contribution in [2.75, 3.05) is 13.2 Å². The van der Waals surface area contributed by atoms with Gasteiger partial charge in [-0.2, -0.15) is 0 Å². The number of carbonyl (C=O) groups is 1. The molecule has 0 radical (unpaired) electrons. The van der Waals surface area contributed by atoms with E-state index in [1.165, 1.54) is 12.2 Å². The molecule has 0 bridgehead atoms. The number of ketones is 1. The zero-order valence-electron chi connectivity index (χ0n) is 13.2. The Morgan fingerprint density at radius 3 is 2.70 bits per heavy atom. The highest BCUT2D eigenvalue weighted by Crippen LogP contribution is 2.21. The fourth-order valence-corrected chi connectivity index (χ4v) is 1.86. The first kappa shape index (κ1) is 18.5. The highest BCUT2D eigenvalue weighted by Gasteiger charge is 2.13. The molecule has 4 heteroatoms. The number of hydrogen-bond acceptors (Lipinski definition) is 4. The van der Waals surface area contributed by atoms with Gasteiger partial charge in [0, 0.05) is 6.42 Å². The second-order valence-corrected chi connectivity index (χ2v) is 4.76. The molecule has 2 N–H and O–H groups in total. The molecule has 0 aliphatic heterocycles. The van der Waals surface area contributed by atoms with Crippen molar-refractivity contribution in [1.82, 2.24) is 0 Å². The van der Waals surface area contributed by atoms with Crippen LogP contribution in [-0.4, -0.2) is 29.2 Å². The maximum atomic E-state index is 12.5. The van der Waals surface area contributed by atoms with Gasteiger partial charge in [-0.25, -0.2) is 0 Å². The summed E-state index contributed by atoms with van der Waals surface area (Å²) in [6.45, 7) is 5.45. The van der Waals surface area contributed by atoms with Gasteiger partial charge in [0.05, 0.1) is 12.2 Å². The van der Waals surface area contributed by atoms with Crippen LogP contribution in [0.2, 0.25) is 0 Å². The van der Waals surface area contributed by atoms with Crippen LogP contribution in [0.15, 0.2) is 72.6 Å². The molecular formula is C19H22O4. The number of rotatable bonds is 9. The lowest BCUT2D eigenvalue weighted by Gasteiger charge is -2.09. The summed E-state index contributed by atoms with van der Waals surface area (Å²) in [6, 6.07) is 7.04. The Morgan fingerprint density at radius 2 is 2.04 bits per heavy atom. The maximum Gasteiger partial charge on any atom is 0.170 e. The third-order valence-electron chi connectivity index (χ3n) is 2.97. The predicted molar refractivity (Wildman–Crippen MR) is 91.8 cm³/mol. The van der Waals surface area contributed by atoms with Gasteiger partial charge in [-0.05, 0) is 30.7 Å². The van der Waals surface area contributed by atoms with Crippen LogP contribution in [0.3, 0.4) is 0 Å². The van der Waals surface area contributed by atoms with Gasteiger partial charge in [0.15, 0.2) is 5.78 Å². The van der Waals surface area contributed by atoms with Crippen molar-refractivity contribution < 1.29 is 19.7 Å². The molecule has 0 heterocycles. The molecule has 0 fully saturated rings. The number of aliphatic hydroxyl groups excluding tert-OH is 2. The predicted octanol–water partition coefficient (Wildman–Crippen LogP) is 3.76. The van der Waals surface area contributed by atoms with Gasteiger partial charge in [-0.3, -0.25) is 4.79 Å². The number of hydrogen-bond donors (Lipinski definition) is 2. The highest BCUT2D eigenvalue weighted by molar-refractivity contribution is 6.00. The number of Topliss-reactive ketones (excluding diaryl/α,β-unsaturated/α-hetero) is 1. The van der Waals surface area contributed by atoms with Gasteiger partial charge in [-0.1, -0.05) is 43.0 Å². The first-order valence-corrected chi connectivity index (χ1v) is 7.30. The molecule has 0 atom stereocenters. The Balaban J connectivity index is 2.91. The van der Waals surface area contributed by atoms with Gasteiger partial charge in [-0.15, -0.1) is 0 Å². The van der Waals surface area contributed by atoms with Gasteiger partial charge in [0.25, 0.3) is 0 Å². The third-order valence-corrected chi connectivity index (χ3v) is 2.97. The van der Waals surface area contributed by atoms with E-state index in [0.717, 1.165) is 0 Å². The lowest BCUT2D eigenvalue weighted by Crippen LogP contribution is -2.05. The van der Waals surface area contributed by atoms with Crippen molar-refractivity contribution in [2.45, 2.75) is 13.3 Å². The van der Waals surface area contributed by atoms with Crippen LogP contribution in [0.1, 0.15) is 23.7 Å². The summed E-state index contributed by atoms with van der Waals surface area (Å²) < 4.78 is 5.59. The van der Waals surface area contributed by atoms with Crippen LogP contribution in [0.5, 0.6) is 5.75 Å². The summed E-state index contributed by atoms with van der Waals surface area (Å²) >= 11 is 0. The molecule has 1 aromatic carbocycles. The second-order valence-electron chi connectivity index (χ2n) is 4.76. The third kappa shape index (κ3) is 6.80. The Hall–Kier alpha value is -2.59. The SMILES string of the molecule is C=C(O)/C=C\C(=C/CO)CC(=O)c1ccccc1OC/C=C\C. The Bertz CT molecular complexity index is 624. The number of allylic oxidation sites excluding steroid dienone is 4. The number of benzene rings is 1. The average Bonchev–Trinajstić information content (AvgIpc) is 2.53. The summed E-state index contributed by atoms with van der Waals surface area (Å²) in [5, 5.41) is 18.1. The van der Waals surface area contributed by atoms with E-state index in [1.54, 1.807) is 24.3 Å². The number of ether oxygens (including phenoxy) is 1. The summed E-state index contributed by atoms with van der Waals surface area (Å²) in [6.07, 6.45) is 8.27. The fraction of sp³-hybridized carbons (Fsp3) is 0.211. The first-order valence-electron chi connectivity index (χ1n) is 7.30. The minimum Gasteiger partial charge on any atom is -0.509 e. The van der Waals surface area contributed by atoms with E-state index < -0.39 is 0 Å². The second kappa shape index (κ2) is 10.2. The molecule has 1 rings (SSSR count). The summed E-state index contributed by atoms with van der Waals surface area (Å²) in [5.41, 5.74) is 1.08. The van der Waals surface area contributed by atoms with Crippen LogP contribution in [-0.2, 0) is 0 Å². The van der Waals surface area contributed by atoms with Crippen LogP contribution < -0.4 is 4.74 Å². The van der Waals surface area contributed by atoms with Gasteiger partial charge in [0.1, 0.15) is 18.1 Å². The Kier molecular flexibility index (Phi) is 8.18. The standard InChI is InChI=1S/C19H22O4/c1-3-4-13-23-19-8-6-5-7-17(19)18(22)14-16(11-12-20)10-9-15(2)21/h3-11,20-21H,2,12-14H2,1H3/b4-3-,10-9-,16-11+. The fourth-order valence-electron chi connectivity index (χ4n) is 1.86. The maximum absolute atomic E-state index is 12.5. The lowest BCUT2D eigenvalue weighted by atomic mass is 10.0. The zero-order chi connectivity index (χ0) is 17.1. The van der Waals surface area contributed by atoms with Crippen LogP contribution in [0.4, 0.5) is 0 Å². The molecule has 0 aliphatic rings. The van der Waals surface area contributed by atoms with Gasteiger partial charge in [0.2, 0.25) is 0 Å². The molecule has 1 aromatic rings. The summed E-state index contributed by atoms with van der Waals surface area (Å²) in [5.74, 6) is 0.278. The lowest BCUT2D eigenvalue weighted by molar-refractivity contribution is 0.0990. The molecule has 0 aromatic heterocycles. The highest BCUT2D eigenvalue weighted by atomic mass is 16.5. The molecule has 0 aliphatic carbocycles. The van der Waals surface area contributed by atoms with E-state index in [2.05, 4.69) is 6.58 Å².